The first kappa shape index (κ1) is 16.1. The molecule has 1 unspecified atom stereocenters. The molecule has 1 amide bonds. The number of ether oxygens (including phenoxy) is 1. The van der Waals surface area contributed by atoms with Gasteiger partial charge in [-0.25, -0.2) is 4.79 Å². The Morgan fingerprint density at radius 2 is 1.62 bits per heavy atom. The fraction of sp³-hybridized carbons (Fsp3) is 0.190. The van der Waals surface area contributed by atoms with E-state index in [0.717, 1.165) is 16.8 Å². The first-order valence-corrected chi connectivity index (χ1v) is 8.04. The second-order valence-electron chi connectivity index (χ2n) is 6.03. The van der Waals surface area contributed by atoms with E-state index in [9.17, 15) is 4.79 Å². The van der Waals surface area contributed by atoms with E-state index in [1.165, 1.54) is 5.56 Å². The lowest BCUT2D eigenvalue weighted by atomic mass is 9.98. The van der Waals surface area contributed by atoms with Crippen LogP contribution in [0.25, 0.3) is 0 Å². The molecule has 1 aliphatic heterocycles. The molecule has 3 nitrogen and oxygen atoms in total. The summed E-state index contributed by atoms with van der Waals surface area (Å²) in [7, 11) is 0. The molecule has 1 aliphatic rings. The summed E-state index contributed by atoms with van der Waals surface area (Å²) in [5.41, 5.74) is 4.22. The van der Waals surface area contributed by atoms with Gasteiger partial charge in [-0.1, -0.05) is 60.2 Å². The first-order valence-electron chi connectivity index (χ1n) is 8.04. The largest absolute Gasteiger partial charge is 0.420 e. The molecule has 1 atom stereocenters. The molecule has 0 spiro atoms. The van der Waals surface area contributed by atoms with Crippen LogP contribution in [-0.2, 0) is 0 Å². The highest BCUT2D eigenvalue weighted by atomic mass is 16.6. The fourth-order valence-corrected chi connectivity index (χ4v) is 2.75. The lowest BCUT2D eigenvalue weighted by Gasteiger charge is -2.33. The van der Waals surface area contributed by atoms with Crippen LogP contribution < -0.4 is 4.74 Å². The predicted octanol–water partition coefficient (Wildman–Crippen LogP) is 5.40. The molecular formula is C21H21NO2. The summed E-state index contributed by atoms with van der Waals surface area (Å²) in [4.78, 5) is 14.5. The minimum absolute atomic E-state index is 0.162. The average molecular weight is 319 g/mol. The molecule has 0 bridgehead atoms. The van der Waals surface area contributed by atoms with Crippen LogP contribution in [0.5, 0.6) is 5.75 Å². The van der Waals surface area contributed by atoms with Gasteiger partial charge < -0.3 is 4.74 Å². The molecule has 0 aromatic heterocycles. The molecule has 3 heteroatoms. The van der Waals surface area contributed by atoms with E-state index in [2.05, 4.69) is 37.3 Å². The first-order chi connectivity index (χ1) is 11.6. The minimum atomic E-state index is -0.368. The van der Waals surface area contributed by atoms with E-state index < -0.39 is 0 Å². The van der Waals surface area contributed by atoms with Gasteiger partial charge in [-0.05, 0) is 44.0 Å². The highest BCUT2D eigenvalue weighted by Gasteiger charge is 2.29. The Morgan fingerprint density at radius 3 is 2.29 bits per heavy atom. The SMILES string of the molecule is CC1=C(C)N(C(=O)Oc2ccccc2)C(c2ccc(C)cc2)C=C1. The van der Waals surface area contributed by atoms with Crippen LogP contribution in [-0.4, -0.2) is 11.0 Å². The van der Waals surface area contributed by atoms with Gasteiger partial charge in [0.25, 0.3) is 0 Å². The van der Waals surface area contributed by atoms with Crippen LogP contribution in [0.2, 0.25) is 0 Å². The van der Waals surface area contributed by atoms with E-state index in [0.29, 0.717) is 5.75 Å². The van der Waals surface area contributed by atoms with Crippen molar-refractivity contribution >= 4 is 6.09 Å². The third kappa shape index (κ3) is 3.25. The molecule has 0 aliphatic carbocycles. The van der Waals surface area contributed by atoms with Gasteiger partial charge >= 0.3 is 6.09 Å². The van der Waals surface area contributed by atoms with Crippen LogP contribution >= 0.6 is 0 Å². The van der Waals surface area contributed by atoms with Crippen molar-refractivity contribution in [2.45, 2.75) is 26.8 Å². The zero-order valence-corrected chi connectivity index (χ0v) is 14.2. The van der Waals surface area contributed by atoms with E-state index in [1.54, 1.807) is 17.0 Å². The molecule has 0 saturated carbocycles. The quantitative estimate of drug-likeness (QED) is 0.741. The third-order valence-electron chi connectivity index (χ3n) is 4.30. The molecule has 24 heavy (non-hydrogen) atoms. The summed E-state index contributed by atoms with van der Waals surface area (Å²) in [5.74, 6) is 0.546. The van der Waals surface area contributed by atoms with Crippen molar-refractivity contribution in [2.24, 2.45) is 0 Å². The number of amides is 1. The van der Waals surface area contributed by atoms with Crippen molar-refractivity contribution in [1.29, 1.82) is 0 Å². The second-order valence-corrected chi connectivity index (χ2v) is 6.03. The number of nitrogens with zero attached hydrogens (tertiary/aromatic N) is 1. The van der Waals surface area contributed by atoms with Crippen LogP contribution in [0.15, 0.2) is 78.0 Å². The number of benzene rings is 2. The molecular weight excluding hydrogens is 298 g/mol. The number of rotatable bonds is 2. The summed E-state index contributed by atoms with van der Waals surface area (Å²) < 4.78 is 5.57. The summed E-state index contributed by atoms with van der Waals surface area (Å²) in [5, 5.41) is 0. The van der Waals surface area contributed by atoms with E-state index >= 15 is 0 Å². The Bertz CT molecular complexity index is 788. The molecule has 3 rings (SSSR count). The summed E-state index contributed by atoms with van der Waals surface area (Å²) in [6.07, 6.45) is 3.73. The van der Waals surface area contributed by atoms with Crippen molar-refractivity contribution in [3.63, 3.8) is 0 Å². The van der Waals surface area contributed by atoms with Gasteiger partial charge in [0.05, 0.1) is 6.04 Å². The van der Waals surface area contributed by atoms with Gasteiger partial charge in [0.15, 0.2) is 0 Å². The van der Waals surface area contributed by atoms with Gasteiger partial charge in [0, 0.05) is 5.70 Å². The van der Waals surface area contributed by atoms with Crippen molar-refractivity contribution in [3.8, 4) is 5.75 Å². The molecule has 0 radical (unpaired) electrons. The standard InChI is InChI=1S/C21H21NO2/c1-15-9-12-18(13-10-15)20-14-11-16(2)17(3)22(20)21(23)24-19-7-5-4-6-8-19/h4-14,20H,1-3H3. The van der Waals surface area contributed by atoms with E-state index in [4.69, 9.17) is 4.74 Å². The van der Waals surface area contributed by atoms with Crippen LogP contribution in [0, 0.1) is 6.92 Å². The van der Waals surface area contributed by atoms with Gasteiger partial charge in [-0.3, -0.25) is 4.90 Å². The molecule has 0 fully saturated rings. The highest BCUT2D eigenvalue weighted by Crippen LogP contribution is 2.33. The second kappa shape index (κ2) is 6.75. The van der Waals surface area contributed by atoms with Crippen molar-refractivity contribution in [2.75, 3.05) is 0 Å². The average Bonchev–Trinajstić information content (AvgIpc) is 2.59. The van der Waals surface area contributed by atoms with Crippen molar-refractivity contribution in [3.05, 3.63) is 89.1 Å². The summed E-state index contributed by atoms with van der Waals surface area (Å²) in [6.45, 7) is 6.00. The molecule has 2 aromatic rings. The summed E-state index contributed by atoms with van der Waals surface area (Å²) in [6, 6.07) is 17.2. The number of carbonyl (C=O) groups excluding carboxylic acids is 1. The maximum Gasteiger partial charge on any atom is 0.420 e. The Kier molecular flexibility index (Phi) is 4.52. The van der Waals surface area contributed by atoms with E-state index in [1.807, 2.05) is 38.1 Å². The molecule has 122 valence electrons. The molecule has 1 heterocycles. The maximum absolute atomic E-state index is 12.8. The zero-order valence-electron chi connectivity index (χ0n) is 14.2. The fourth-order valence-electron chi connectivity index (χ4n) is 2.75. The Morgan fingerprint density at radius 1 is 0.958 bits per heavy atom. The van der Waals surface area contributed by atoms with Gasteiger partial charge in [-0.2, -0.15) is 0 Å². The summed E-state index contributed by atoms with van der Waals surface area (Å²) >= 11 is 0. The van der Waals surface area contributed by atoms with Gasteiger partial charge in [-0.15, -0.1) is 0 Å². The van der Waals surface area contributed by atoms with Gasteiger partial charge in [0.1, 0.15) is 5.75 Å². The number of hydrogen-bond acceptors (Lipinski definition) is 2. The van der Waals surface area contributed by atoms with Crippen LogP contribution in [0.1, 0.15) is 31.0 Å². The van der Waals surface area contributed by atoms with Gasteiger partial charge in [0.2, 0.25) is 0 Å². The predicted molar refractivity (Wildman–Crippen MR) is 95.7 cm³/mol. The van der Waals surface area contributed by atoms with Crippen molar-refractivity contribution < 1.29 is 9.53 Å². The lowest BCUT2D eigenvalue weighted by molar-refractivity contribution is 0.155. The number of allylic oxidation sites excluding steroid dienone is 3. The minimum Gasteiger partial charge on any atom is -0.410 e. The molecule has 2 aromatic carbocycles. The maximum atomic E-state index is 12.8. The zero-order chi connectivity index (χ0) is 17.1. The Balaban J connectivity index is 1.92. The van der Waals surface area contributed by atoms with Crippen LogP contribution in [0.4, 0.5) is 4.79 Å². The number of carbonyl (C=O) groups is 1. The lowest BCUT2D eigenvalue weighted by Crippen LogP contribution is -2.36. The topological polar surface area (TPSA) is 29.5 Å². The van der Waals surface area contributed by atoms with Crippen LogP contribution in [0.3, 0.4) is 0 Å². The monoisotopic (exact) mass is 319 g/mol. The third-order valence-corrected chi connectivity index (χ3v) is 4.30. The molecule has 0 saturated heterocycles. The number of para-hydroxylation sites is 1. The molecule has 0 N–H and O–H groups in total. The smallest absolute Gasteiger partial charge is 0.410 e. The highest BCUT2D eigenvalue weighted by molar-refractivity contribution is 5.74. The Hall–Kier alpha value is -2.81. The van der Waals surface area contributed by atoms with Crippen molar-refractivity contribution in [1.82, 2.24) is 4.90 Å². The normalized spacial score (nSPS) is 17.1. The number of aryl methyl sites for hydroxylation is 1. The van der Waals surface area contributed by atoms with E-state index in [-0.39, 0.29) is 12.1 Å². The Labute approximate surface area is 142 Å². The number of hydrogen-bond donors (Lipinski definition) is 0.